The number of nitrogens with zero attached hydrogens (tertiary/aromatic N) is 1. The zero-order valence-corrected chi connectivity index (χ0v) is 17.6. The number of amides is 2. The van der Waals surface area contributed by atoms with Crippen LogP contribution in [0.4, 0.5) is 5.69 Å². The molecular weight excluding hydrogens is 376 g/mol. The lowest BCUT2D eigenvalue weighted by atomic mass is 9.87. The molecule has 0 radical (unpaired) electrons. The molecule has 2 aromatic carbocycles. The van der Waals surface area contributed by atoms with Gasteiger partial charge in [0, 0.05) is 6.04 Å². The molecule has 156 valence electrons. The molecule has 5 heteroatoms. The van der Waals surface area contributed by atoms with Crippen molar-refractivity contribution in [3.8, 4) is 5.75 Å². The summed E-state index contributed by atoms with van der Waals surface area (Å²) in [6.07, 6.45) is 6.00. The summed E-state index contributed by atoms with van der Waals surface area (Å²) in [6.45, 7) is 4.24. The molecular formula is C25H28N2O3. The number of nitrogens with one attached hydrogen (secondary N) is 1. The van der Waals surface area contributed by atoms with E-state index >= 15 is 0 Å². The standard InChI is InChI=1S/C25H28N2O3/c1-17-10-12-20(13-11-17)26-24(28)16-27-21-8-3-4-9-22(21)30-23(25(27)29)15-19-7-5-6-18(2)14-19/h3-9,14-15,17,20H,10-13,16H2,1-2H3,(H,26,28). The van der Waals surface area contributed by atoms with E-state index in [-0.39, 0.29) is 30.2 Å². The normalized spacial score (nSPS) is 22.4. The summed E-state index contributed by atoms with van der Waals surface area (Å²) in [4.78, 5) is 27.5. The van der Waals surface area contributed by atoms with Crippen LogP contribution in [0.15, 0.2) is 54.3 Å². The number of carbonyl (C=O) groups excluding carboxylic acids is 2. The smallest absolute Gasteiger partial charge is 0.294 e. The molecule has 30 heavy (non-hydrogen) atoms. The van der Waals surface area contributed by atoms with Crippen LogP contribution in [0.5, 0.6) is 5.75 Å². The molecule has 1 aliphatic heterocycles. The van der Waals surface area contributed by atoms with Gasteiger partial charge in [0.05, 0.1) is 5.69 Å². The molecule has 0 atom stereocenters. The van der Waals surface area contributed by atoms with Crippen LogP contribution in [-0.4, -0.2) is 24.4 Å². The number of carbonyl (C=O) groups is 2. The third kappa shape index (κ3) is 4.56. The molecule has 2 aromatic rings. The van der Waals surface area contributed by atoms with Crippen LogP contribution in [0.1, 0.15) is 43.7 Å². The van der Waals surface area contributed by atoms with Gasteiger partial charge in [0.1, 0.15) is 6.54 Å². The summed E-state index contributed by atoms with van der Waals surface area (Å²) in [5.74, 6) is 1.09. The Bertz CT molecular complexity index is 974. The topological polar surface area (TPSA) is 58.6 Å². The van der Waals surface area contributed by atoms with Crippen LogP contribution >= 0.6 is 0 Å². The van der Waals surface area contributed by atoms with Crippen molar-refractivity contribution in [3.05, 3.63) is 65.4 Å². The number of rotatable bonds is 4. The van der Waals surface area contributed by atoms with Crippen LogP contribution in [-0.2, 0) is 9.59 Å². The van der Waals surface area contributed by atoms with Gasteiger partial charge >= 0.3 is 0 Å². The molecule has 0 saturated heterocycles. The SMILES string of the molecule is Cc1cccc(C=C2Oc3ccccc3N(CC(=O)NC3CCC(C)CC3)C2=O)c1. The second-order valence-electron chi connectivity index (χ2n) is 8.41. The van der Waals surface area contributed by atoms with Crippen LogP contribution < -0.4 is 15.0 Å². The second-order valence-corrected chi connectivity index (χ2v) is 8.41. The minimum Gasteiger partial charge on any atom is -0.449 e. The minimum absolute atomic E-state index is 0.0174. The number of benzene rings is 2. The summed E-state index contributed by atoms with van der Waals surface area (Å²) in [6, 6.07) is 15.4. The van der Waals surface area contributed by atoms with Crippen molar-refractivity contribution in [1.82, 2.24) is 5.32 Å². The third-order valence-corrected chi connectivity index (χ3v) is 5.85. The lowest BCUT2D eigenvalue weighted by molar-refractivity contribution is -0.124. The lowest BCUT2D eigenvalue weighted by Gasteiger charge is -2.31. The highest BCUT2D eigenvalue weighted by molar-refractivity contribution is 6.12. The number of para-hydroxylation sites is 2. The van der Waals surface area contributed by atoms with Gasteiger partial charge in [0.15, 0.2) is 11.5 Å². The number of ether oxygens (including phenoxy) is 1. The Morgan fingerprint density at radius 3 is 2.67 bits per heavy atom. The Labute approximate surface area is 177 Å². The quantitative estimate of drug-likeness (QED) is 0.766. The van der Waals surface area contributed by atoms with Crippen LogP contribution in [0.25, 0.3) is 6.08 Å². The summed E-state index contributed by atoms with van der Waals surface area (Å²) < 4.78 is 5.90. The van der Waals surface area contributed by atoms with Gasteiger partial charge in [-0.05, 0) is 62.3 Å². The van der Waals surface area contributed by atoms with E-state index in [0.29, 0.717) is 11.4 Å². The van der Waals surface area contributed by atoms with Gasteiger partial charge in [-0.3, -0.25) is 14.5 Å². The van der Waals surface area contributed by atoms with Crippen molar-refractivity contribution < 1.29 is 14.3 Å². The Balaban J connectivity index is 1.55. The first-order valence-corrected chi connectivity index (χ1v) is 10.7. The second kappa shape index (κ2) is 8.74. The first-order chi connectivity index (χ1) is 14.5. The number of hydrogen-bond donors (Lipinski definition) is 1. The van der Waals surface area contributed by atoms with Crippen molar-refractivity contribution >= 4 is 23.6 Å². The predicted octanol–water partition coefficient (Wildman–Crippen LogP) is 4.46. The Kier molecular flexibility index (Phi) is 5.88. The molecule has 0 unspecified atom stereocenters. The summed E-state index contributed by atoms with van der Waals surface area (Å²) in [5.41, 5.74) is 2.61. The maximum Gasteiger partial charge on any atom is 0.294 e. The molecule has 1 fully saturated rings. The van der Waals surface area contributed by atoms with Gasteiger partial charge in [0.25, 0.3) is 5.91 Å². The largest absolute Gasteiger partial charge is 0.449 e. The highest BCUT2D eigenvalue weighted by Crippen LogP contribution is 2.35. The molecule has 5 nitrogen and oxygen atoms in total. The van der Waals surface area contributed by atoms with Crippen molar-refractivity contribution in [1.29, 1.82) is 0 Å². The molecule has 0 aromatic heterocycles. The van der Waals surface area contributed by atoms with Crippen LogP contribution in [0.3, 0.4) is 0 Å². The van der Waals surface area contributed by atoms with Crippen molar-refractivity contribution in [2.24, 2.45) is 5.92 Å². The van der Waals surface area contributed by atoms with E-state index in [1.54, 1.807) is 6.08 Å². The molecule has 1 aliphatic carbocycles. The van der Waals surface area contributed by atoms with E-state index in [0.717, 1.165) is 42.7 Å². The molecule has 2 aliphatic rings. The molecule has 1 heterocycles. The fraction of sp³-hybridized carbons (Fsp3) is 0.360. The molecule has 0 spiro atoms. The van der Waals surface area contributed by atoms with Gasteiger partial charge in [0.2, 0.25) is 5.91 Å². The summed E-state index contributed by atoms with van der Waals surface area (Å²) in [7, 11) is 0. The average Bonchev–Trinajstić information content (AvgIpc) is 2.73. The van der Waals surface area contributed by atoms with E-state index in [2.05, 4.69) is 12.2 Å². The zero-order chi connectivity index (χ0) is 21.1. The predicted molar refractivity (Wildman–Crippen MR) is 118 cm³/mol. The fourth-order valence-corrected chi connectivity index (χ4v) is 4.15. The fourth-order valence-electron chi connectivity index (χ4n) is 4.15. The number of aryl methyl sites for hydroxylation is 1. The monoisotopic (exact) mass is 404 g/mol. The Morgan fingerprint density at radius 2 is 1.90 bits per heavy atom. The molecule has 1 saturated carbocycles. The van der Waals surface area contributed by atoms with E-state index in [1.807, 2.05) is 55.5 Å². The first-order valence-electron chi connectivity index (χ1n) is 10.7. The molecule has 1 N–H and O–H groups in total. The minimum atomic E-state index is -0.303. The molecule has 0 bridgehead atoms. The zero-order valence-electron chi connectivity index (χ0n) is 17.6. The maximum atomic E-state index is 13.2. The van der Waals surface area contributed by atoms with Gasteiger partial charge in [-0.15, -0.1) is 0 Å². The Hall–Kier alpha value is -3.08. The molecule has 4 rings (SSSR count). The number of hydrogen-bond acceptors (Lipinski definition) is 3. The van der Waals surface area contributed by atoms with Crippen LogP contribution in [0.2, 0.25) is 0 Å². The van der Waals surface area contributed by atoms with E-state index in [9.17, 15) is 9.59 Å². The van der Waals surface area contributed by atoms with Gasteiger partial charge in [-0.1, -0.05) is 48.9 Å². The van der Waals surface area contributed by atoms with Gasteiger partial charge in [-0.2, -0.15) is 0 Å². The number of fused-ring (bicyclic) bond motifs is 1. The van der Waals surface area contributed by atoms with Crippen LogP contribution in [0, 0.1) is 12.8 Å². The van der Waals surface area contributed by atoms with Crippen molar-refractivity contribution in [2.45, 2.75) is 45.6 Å². The van der Waals surface area contributed by atoms with E-state index in [1.165, 1.54) is 4.90 Å². The maximum absolute atomic E-state index is 13.2. The number of anilines is 1. The lowest BCUT2D eigenvalue weighted by Crippen LogP contribution is -2.47. The van der Waals surface area contributed by atoms with E-state index in [4.69, 9.17) is 4.74 Å². The first kappa shape index (κ1) is 20.2. The molecule has 2 amide bonds. The summed E-state index contributed by atoms with van der Waals surface area (Å²) in [5, 5.41) is 3.12. The highest BCUT2D eigenvalue weighted by Gasteiger charge is 2.32. The average molecular weight is 405 g/mol. The third-order valence-electron chi connectivity index (χ3n) is 5.85. The van der Waals surface area contributed by atoms with Gasteiger partial charge in [-0.25, -0.2) is 0 Å². The van der Waals surface area contributed by atoms with Crippen molar-refractivity contribution in [2.75, 3.05) is 11.4 Å². The van der Waals surface area contributed by atoms with Gasteiger partial charge < -0.3 is 10.1 Å². The van der Waals surface area contributed by atoms with Crippen molar-refractivity contribution in [3.63, 3.8) is 0 Å². The summed E-state index contributed by atoms with van der Waals surface area (Å²) >= 11 is 0. The highest BCUT2D eigenvalue weighted by atomic mass is 16.5. The Morgan fingerprint density at radius 1 is 1.13 bits per heavy atom. The van der Waals surface area contributed by atoms with E-state index < -0.39 is 0 Å².